The zero-order valence-corrected chi connectivity index (χ0v) is 7.97. The Hall–Kier alpha value is -0.770. The minimum absolute atomic E-state index is 0.801. The van der Waals surface area contributed by atoms with E-state index < -0.39 is 0 Å². The highest BCUT2D eigenvalue weighted by molar-refractivity contribution is 7.19. The van der Waals surface area contributed by atoms with Crippen LogP contribution in [-0.4, -0.2) is 18.1 Å². The summed E-state index contributed by atoms with van der Waals surface area (Å²) < 4.78 is 0. The summed E-state index contributed by atoms with van der Waals surface area (Å²) in [5.41, 5.74) is 5.61. The van der Waals surface area contributed by atoms with Crippen LogP contribution in [0.4, 0.5) is 10.1 Å². The first kappa shape index (κ1) is 7.86. The maximum absolute atomic E-state index is 5.61. The normalized spacial score (nSPS) is 23.4. The molecule has 0 saturated carbocycles. The van der Waals surface area contributed by atoms with E-state index in [4.69, 9.17) is 5.73 Å². The van der Waals surface area contributed by atoms with Gasteiger partial charge in [0, 0.05) is 13.1 Å². The maximum atomic E-state index is 5.61. The van der Waals surface area contributed by atoms with Gasteiger partial charge in [-0.3, -0.25) is 0 Å². The fourth-order valence-electron chi connectivity index (χ4n) is 1.53. The number of hydrogen-bond donors (Lipinski definition) is 1. The van der Waals surface area contributed by atoms with Gasteiger partial charge in [0.25, 0.3) is 0 Å². The summed E-state index contributed by atoms with van der Waals surface area (Å²) in [6.07, 6.45) is 3.02. The van der Waals surface area contributed by atoms with E-state index in [-0.39, 0.29) is 0 Å². The Morgan fingerprint density at radius 1 is 1.75 bits per heavy atom. The lowest BCUT2D eigenvalue weighted by Crippen LogP contribution is -2.18. The Kier molecular flexibility index (Phi) is 1.92. The molecule has 1 atom stereocenters. The maximum Gasteiger partial charge on any atom is 0.187 e. The van der Waals surface area contributed by atoms with E-state index in [9.17, 15) is 0 Å². The molecule has 0 aliphatic carbocycles. The Balaban J connectivity index is 2.11. The summed E-state index contributed by atoms with van der Waals surface area (Å²) in [7, 11) is 0. The van der Waals surface area contributed by atoms with Gasteiger partial charge in [0.15, 0.2) is 5.13 Å². The molecule has 1 saturated heterocycles. The van der Waals surface area contributed by atoms with Crippen molar-refractivity contribution in [3.05, 3.63) is 6.20 Å². The highest BCUT2D eigenvalue weighted by Gasteiger charge is 2.20. The quantitative estimate of drug-likeness (QED) is 0.718. The molecule has 2 N–H and O–H groups in total. The molecule has 1 aromatic rings. The van der Waals surface area contributed by atoms with E-state index in [0.29, 0.717) is 0 Å². The molecule has 1 aromatic heterocycles. The monoisotopic (exact) mass is 183 g/mol. The molecule has 0 aromatic carbocycles. The van der Waals surface area contributed by atoms with Crippen LogP contribution in [0.5, 0.6) is 0 Å². The third-order valence-corrected chi connectivity index (χ3v) is 3.09. The highest BCUT2D eigenvalue weighted by Crippen LogP contribution is 2.28. The number of hydrogen-bond acceptors (Lipinski definition) is 4. The number of anilines is 2. The molecule has 1 fully saturated rings. The van der Waals surface area contributed by atoms with Gasteiger partial charge in [0.1, 0.15) is 5.00 Å². The van der Waals surface area contributed by atoms with Crippen LogP contribution in [0.3, 0.4) is 0 Å². The molecule has 1 aliphatic rings. The molecule has 0 amide bonds. The molecule has 2 heterocycles. The van der Waals surface area contributed by atoms with Gasteiger partial charge < -0.3 is 10.6 Å². The van der Waals surface area contributed by atoms with Crippen LogP contribution in [-0.2, 0) is 0 Å². The number of nitrogens with two attached hydrogens (primary N) is 1. The van der Waals surface area contributed by atoms with E-state index in [1.807, 2.05) is 0 Å². The second-order valence-electron chi connectivity index (χ2n) is 3.39. The van der Waals surface area contributed by atoms with Crippen LogP contribution in [0.2, 0.25) is 0 Å². The van der Waals surface area contributed by atoms with E-state index in [0.717, 1.165) is 29.1 Å². The largest absolute Gasteiger partial charge is 0.389 e. The highest BCUT2D eigenvalue weighted by atomic mass is 32.1. The summed E-state index contributed by atoms with van der Waals surface area (Å²) in [4.78, 5) is 6.56. The Bertz CT molecular complexity index is 271. The lowest BCUT2D eigenvalue weighted by molar-refractivity contribution is 0.659. The van der Waals surface area contributed by atoms with E-state index in [1.54, 1.807) is 17.5 Å². The van der Waals surface area contributed by atoms with Crippen molar-refractivity contribution in [1.29, 1.82) is 0 Å². The van der Waals surface area contributed by atoms with Crippen LogP contribution in [0.15, 0.2) is 6.20 Å². The molecular weight excluding hydrogens is 170 g/mol. The summed E-state index contributed by atoms with van der Waals surface area (Å²) in [6, 6.07) is 0. The SMILES string of the molecule is CC1CCN(c2ncc(N)s2)C1. The third kappa shape index (κ3) is 1.39. The lowest BCUT2D eigenvalue weighted by atomic mass is 10.2. The van der Waals surface area contributed by atoms with Gasteiger partial charge in [0.05, 0.1) is 6.20 Å². The molecule has 12 heavy (non-hydrogen) atoms. The predicted molar refractivity (Wildman–Crippen MR) is 52.5 cm³/mol. The van der Waals surface area contributed by atoms with Crippen molar-refractivity contribution in [3.8, 4) is 0 Å². The van der Waals surface area contributed by atoms with Gasteiger partial charge in [-0.15, -0.1) is 0 Å². The molecule has 1 unspecified atom stereocenters. The summed E-state index contributed by atoms with van der Waals surface area (Å²) >= 11 is 1.58. The molecule has 0 radical (unpaired) electrons. The fourth-order valence-corrected chi connectivity index (χ4v) is 2.25. The number of thiazole rings is 1. The second-order valence-corrected chi connectivity index (χ2v) is 4.43. The van der Waals surface area contributed by atoms with Gasteiger partial charge in [0.2, 0.25) is 0 Å². The smallest absolute Gasteiger partial charge is 0.187 e. The van der Waals surface area contributed by atoms with E-state index >= 15 is 0 Å². The fraction of sp³-hybridized carbons (Fsp3) is 0.625. The molecule has 0 spiro atoms. The van der Waals surface area contributed by atoms with Crippen molar-refractivity contribution in [2.24, 2.45) is 5.92 Å². The number of nitrogen functional groups attached to an aromatic ring is 1. The van der Waals surface area contributed by atoms with Crippen molar-refractivity contribution in [2.75, 3.05) is 23.7 Å². The first-order chi connectivity index (χ1) is 5.75. The summed E-state index contributed by atoms with van der Waals surface area (Å²) in [6.45, 7) is 4.54. The van der Waals surface area contributed by atoms with Crippen LogP contribution < -0.4 is 10.6 Å². The second kappa shape index (κ2) is 2.94. The zero-order chi connectivity index (χ0) is 8.55. The van der Waals surface area contributed by atoms with E-state index in [2.05, 4.69) is 16.8 Å². The number of aromatic nitrogens is 1. The predicted octanol–water partition coefficient (Wildman–Crippen LogP) is 1.57. The van der Waals surface area contributed by atoms with Crippen LogP contribution >= 0.6 is 11.3 Å². The minimum Gasteiger partial charge on any atom is -0.389 e. The van der Waals surface area contributed by atoms with Gasteiger partial charge in [-0.2, -0.15) is 0 Å². The van der Waals surface area contributed by atoms with Crippen molar-refractivity contribution < 1.29 is 0 Å². The molecule has 66 valence electrons. The topological polar surface area (TPSA) is 42.2 Å². The van der Waals surface area contributed by atoms with Crippen molar-refractivity contribution in [3.63, 3.8) is 0 Å². The van der Waals surface area contributed by atoms with E-state index in [1.165, 1.54) is 6.42 Å². The van der Waals surface area contributed by atoms with Crippen LogP contribution in [0, 0.1) is 5.92 Å². The number of rotatable bonds is 1. The van der Waals surface area contributed by atoms with Gasteiger partial charge in [-0.25, -0.2) is 4.98 Å². The molecular formula is C8H13N3S. The standard InChI is InChI=1S/C8H13N3S/c1-6-2-3-11(5-6)8-10-4-7(9)12-8/h4,6H,2-3,5,9H2,1H3. The third-order valence-electron chi connectivity index (χ3n) is 2.21. The van der Waals surface area contributed by atoms with Crippen molar-refractivity contribution in [1.82, 2.24) is 4.98 Å². The van der Waals surface area contributed by atoms with Crippen LogP contribution in [0.1, 0.15) is 13.3 Å². The number of nitrogens with zero attached hydrogens (tertiary/aromatic N) is 2. The van der Waals surface area contributed by atoms with Gasteiger partial charge in [-0.05, 0) is 12.3 Å². The Morgan fingerprint density at radius 2 is 2.58 bits per heavy atom. The Labute approximate surface area is 76.2 Å². The first-order valence-electron chi connectivity index (χ1n) is 4.22. The minimum atomic E-state index is 0.801. The molecule has 2 rings (SSSR count). The van der Waals surface area contributed by atoms with Crippen molar-refractivity contribution >= 4 is 21.5 Å². The van der Waals surface area contributed by atoms with Crippen molar-refractivity contribution in [2.45, 2.75) is 13.3 Å². The molecule has 1 aliphatic heterocycles. The van der Waals surface area contributed by atoms with Gasteiger partial charge in [-0.1, -0.05) is 18.3 Å². The average Bonchev–Trinajstić information content (AvgIpc) is 2.58. The summed E-state index contributed by atoms with van der Waals surface area (Å²) in [5.74, 6) is 0.801. The zero-order valence-electron chi connectivity index (χ0n) is 7.16. The molecule has 4 heteroatoms. The average molecular weight is 183 g/mol. The lowest BCUT2D eigenvalue weighted by Gasteiger charge is -2.12. The first-order valence-corrected chi connectivity index (χ1v) is 5.03. The van der Waals surface area contributed by atoms with Gasteiger partial charge >= 0.3 is 0 Å². The molecule has 3 nitrogen and oxygen atoms in total. The molecule has 0 bridgehead atoms. The Morgan fingerprint density at radius 3 is 3.08 bits per heavy atom. The summed E-state index contributed by atoms with van der Waals surface area (Å²) in [5, 5.41) is 1.89. The van der Waals surface area contributed by atoms with Crippen LogP contribution in [0.25, 0.3) is 0 Å².